The van der Waals surface area contributed by atoms with Crippen LogP contribution in [0.5, 0.6) is 17.2 Å². The van der Waals surface area contributed by atoms with Gasteiger partial charge in [0.05, 0.1) is 6.61 Å². The second-order valence-corrected chi connectivity index (χ2v) is 7.10. The lowest BCUT2D eigenvalue weighted by atomic mass is 10.1. The summed E-state index contributed by atoms with van der Waals surface area (Å²) in [5.74, 6) is 1.49. The maximum atomic E-state index is 12.8. The molecule has 2 N–H and O–H groups in total. The highest BCUT2D eigenvalue weighted by Crippen LogP contribution is 2.38. The average Bonchev–Trinajstić information content (AvgIpc) is 3.25. The van der Waals surface area contributed by atoms with Crippen LogP contribution in [-0.2, 0) is 17.7 Å². The van der Waals surface area contributed by atoms with Crippen LogP contribution in [0.3, 0.4) is 0 Å². The first-order valence-electron chi connectivity index (χ1n) is 10.6. The van der Waals surface area contributed by atoms with Crippen molar-refractivity contribution in [1.29, 1.82) is 0 Å². The normalized spacial score (nSPS) is 12.8. The van der Waals surface area contributed by atoms with Crippen LogP contribution in [-0.4, -0.2) is 46.2 Å². The zero-order valence-corrected chi connectivity index (χ0v) is 18.1. The lowest BCUT2D eigenvalue weighted by Crippen LogP contribution is -2.37. The molecule has 1 aliphatic heterocycles. The minimum Gasteiger partial charge on any atom is -0.454 e. The molecule has 1 aliphatic rings. The van der Waals surface area contributed by atoms with Crippen molar-refractivity contribution in [1.82, 2.24) is 10.6 Å². The summed E-state index contributed by atoms with van der Waals surface area (Å²) in [6.07, 6.45) is 2.75. The number of alkyl halides is 2. The summed E-state index contributed by atoms with van der Waals surface area (Å²) in [6.45, 7) is -0.517. The molecular formula is C23H29F2N3O4. The second kappa shape index (κ2) is 12.7. The largest absolute Gasteiger partial charge is 0.454 e. The third kappa shape index (κ3) is 7.56. The van der Waals surface area contributed by atoms with Crippen LogP contribution in [0.25, 0.3) is 0 Å². The molecule has 0 saturated heterocycles. The molecule has 0 saturated carbocycles. The Morgan fingerprint density at radius 3 is 2.59 bits per heavy atom. The number of nitrogens with zero attached hydrogens (tertiary/aromatic N) is 1. The van der Waals surface area contributed by atoms with E-state index in [-0.39, 0.29) is 19.1 Å². The molecule has 0 aliphatic carbocycles. The van der Waals surface area contributed by atoms with E-state index in [9.17, 15) is 8.78 Å². The predicted octanol–water partition coefficient (Wildman–Crippen LogP) is 3.72. The van der Waals surface area contributed by atoms with Crippen LogP contribution in [0.15, 0.2) is 47.5 Å². The van der Waals surface area contributed by atoms with Gasteiger partial charge in [-0.3, -0.25) is 4.99 Å². The number of nitrogens with one attached hydrogen (secondary N) is 2. The lowest BCUT2D eigenvalue weighted by molar-refractivity contribution is -0.0505. The molecular weight excluding hydrogens is 420 g/mol. The van der Waals surface area contributed by atoms with Gasteiger partial charge in [-0.2, -0.15) is 8.78 Å². The van der Waals surface area contributed by atoms with Crippen molar-refractivity contribution in [2.45, 2.75) is 32.4 Å². The third-order valence-corrected chi connectivity index (χ3v) is 4.83. The van der Waals surface area contributed by atoms with Gasteiger partial charge in [-0.15, -0.1) is 0 Å². The summed E-state index contributed by atoms with van der Waals surface area (Å²) >= 11 is 0. The van der Waals surface area contributed by atoms with Crippen LogP contribution in [0, 0.1) is 0 Å². The Kier molecular flexibility index (Phi) is 9.37. The van der Waals surface area contributed by atoms with Crippen LogP contribution in [0.1, 0.15) is 24.0 Å². The molecule has 32 heavy (non-hydrogen) atoms. The lowest BCUT2D eigenvalue weighted by Gasteiger charge is -2.15. The van der Waals surface area contributed by atoms with Crippen LogP contribution < -0.4 is 24.8 Å². The first-order valence-corrected chi connectivity index (χ1v) is 10.6. The third-order valence-electron chi connectivity index (χ3n) is 4.83. The molecule has 0 spiro atoms. The zero-order chi connectivity index (χ0) is 22.6. The minimum atomic E-state index is -2.93. The Balaban J connectivity index is 1.34. The number of hydrogen-bond donors (Lipinski definition) is 2. The predicted molar refractivity (Wildman–Crippen MR) is 118 cm³/mol. The van der Waals surface area contributed by atoms with E-state index < -0.39 is 6.61 Å². The molecule has 1 heterocycles. The molecule has 0 unspecified atom stereocenters. The molecule has 0 fully saturated rings. The number of halogens is 2. The molecule has 0 aromatic heterocycles. The first-order chi connectivity index (χ1) is 15.7. The molecule has 0 bridgehead atoms. The van der Waals surface area contributed by atoms with Crippen LogP contribution >= 0.6 is 0 Å². The van der Waals surface area contributed by atoms with Crippen molar-refractivity contribution >= 4 is 5.96 Å². The van der Waals surface area contributed by atoms with Crippen LogP contribution in [0.2, 0.25) is 0 Å². The Morgan fingerprint density at radius 2 is 1.84 bits per heavy atom. The van der Waals surface area contributed by atoms with Crippen molar-refractivity contribution in [2.75, 3.05) is 33.6 Å². The number of rotatable bonds is 12. The van der Waals surface area contributed by atoms with Gasteiger partial charge in [0, 0.05) is 38.4 Å². The summed E-state index contributed by atoms with van der Waals surface area (Å²) in [7, 11) is 1.65. The van der Waals surface area contributed by atoms with Crippen molar-refractivity contribution in [2.24, 2.45) is 4.99 Å². The Labute approximate surface area is 186 Å². The van der Waals surface area contributed by atoms with Gasteiger partial charge in [0.15, 0.2) is 17.5 Å². The van der Waals surface area contributed by atoms with Gasteiger partial charge >= 0.3 is 6.61 Å². The zero-order valence-electron chi connectivity index (χ0n) is 18.1. The highest BCUT2D eigenvalue weighted by Gasteiger charge is 2.20. The Hall–Kier alpha value is -3.07. The van der Waals surface area contributed by atoms with Gasteiger partial charge in [-0.1, -0.05) is 30.3 Å². The molecule has 9 heteroatoms. The van der Waals surface area contributed by atoms with E-state index in [2.05, 4.69) is 32.5 Å². The van der Waals surface area contributed by atoms with Crippen molar-refractivity contribution in [3.05, 3.63) is 53.6 Å². The molecule has 174 valence electrons. The molecule has 3 rings (SSSR count). The highest BCUT2D eigenvalue weighted by molar-refractivity contribution is 5.79. The van der Waals surface area contributed by atoms with Gasteiger partial charge < -0.3 is 29.6 Å². The number of fused-ring (bicyclic) bond motifs is 1. The molecule has 2 aromatic carbocycles. The van der Waals surface area contributed by atoms with E-state index in [1.165, 1.54) is 11.6 Å². The SMILES string of the molecule is CN=C(NCCCCOCCc1ccccc1)NCc1cc2c(cc1OC(F)F)OCO2. The average molecular weight is 449 g/mol. The molecule has 0 atom stereocenters. The molecule has 2 aromatic rings. The monoisotopic (exact) mass is 449 g/mol. The second-order valence-electron chi connectivity index (χ2n) is 7.10. The number of unbranched alkanes of at least 4 members (excludes halogenated alkanes) is 1. The number of aliphatic imine (C=N–C) groups is 1. The van der Waals surface area contributed by atoms with E-state index in [1.54, 1.807) is 13.1 Å². The number of ether oxygens (including phenoxy) is 4. The summed E-state index contributed by atoms with van der Waals surface area (Å²) in [5, 5.41) is 6.31. The van der Waals surface area contributed by atoms with E-state index >= 15 is 0 Å². The molecule has 0 radical (unpaired) electrons. The number of guanidine groups is 1. The standard InChI is InChI=1S/C23H29F2N3O4/c1-26-23(27-10-5-6-11-29-12-9-17-7-3-2-4-8-17)28-15-18-13-20-21(31-16-30-20)14-19(18)32-22(24)25/h2-4,7-8,13-14,22H,5-6,9-12,15-16H2,1H3,(H2,26,27,28). The van der Waals surface area contributed by atoms with E-state index in [1.807, 2.05) is 18.2 Å². The number of benzene rings is 2. The number of hydrogen-bond acceptors (Lipinski definition) is 5. The molecule has 7 nitrogen and oxygen atoms in total. The van der Waals surface area contributed by atoms with Crippen molar-refractivity contribution in [3.8, 4) is 17.2 Å². The molecule has 0 amide bonds. The fourth-order valence-electron chi connectivity index (χ4n) is 3.18. The van der Waals surface area contributed by atoms with Gasteiger partial charge in [0.1, 0.15) is 5.75 Å². The summed E-state index contributed by atoms with van der Waals surface area (Å²) in [6, 6.07) is 13.3. The first kappa shape index (κ1) is 23.6. The summed E-state index contributed by atoms with van der Waals surface area (Å²) in [5.41, 5.74) is 1.79. The summed E-state index contributed by atoms with van der Waals surface area (Å²) in [4.78, 5) is 4.17. The fourth-order valence-corrected chi connectivity index (χ4v) is 3.18. The maximum absolute atomic E-state index is 12.8. The van der Waals surface area contributed by atoms with Gasteiger partial charge in [-0.05, 0) is 30.9 Å². The quantitative estimate of drug-likeness (QED) is 0.292. The Bertz CT molecular complexity index is 866. The highest BCUT2D eigenvalue weighted by atomic mass is 19.3. The van der Waals surface area contributed by atoms with Crippen LogP contribution in [0.4, 0.5) is 8.78 Å². The van der Waals surface area contributed by atoms with E-state index in [0.717, 1.165) is 19.3 Å². The smallest absolute Gasteiger partial charge is 0.387 e. The minimum absolute atomic E-state index is 0.0415. The Morgan fingerprint density at radius 1 is 1.06 bits per heavy atom. The van der Waals surface area contributed by atoms with Gasteiger partial charge in [0.2, 0.25) is 6.79 Å². The maximum Gasteiger partial charge on any atom is 0.387 e. The fraction of sp³-hybridized carbons (Fsp3) is 0.435. The summed E-state index contributed by atoms with van der Waals surface area (Å²) < 4.78 is 46.4. The van der Waals surface area contributed by atoms with Gasteiger partial charge in [0.25, 0.3) is 0 Å². The topological polar surface area (TPSA) is 73.3 Å². The van der Waals surface area contributed by atoms with Crippen molar-refractivity contribution < 1.29 is 27.7 Å². The van der Waals surface area contributed by atoms with Crippen molar-refractivity contribution in [3.63, 3.8) is 0 Å². The van der Waals surface area contributed by atoms with E-state index in [4.69, 9.17) is 14.2 Å². The van der Waals surface area contributed by atoms with Gasteiger partial charge in [-0.25, -0.2) is 0 Å². The van der Waals surface area contributed by atoms with E-state index in [0.29, 0.717) is 42.8 Å².